The highest BCUT2D eigenvalue weighted by atomic mass is 32.2. The SMILES string of the molecule is COc1cccc([C@H](C)NC(=O)CSC2CCNCC2)c1. The topological polar surface area (TPSA) is 50.4 Å². The standard InChI is InChI=1S/C16H24N2O2S/c1-12(13-4-3-5-14(10-13)20-2)18-16(19)11-21-15-6-8-17-9-7-15/h3-5,10,12,15,17H,6-9,11H2,1-2H3,(H,18,19)/t12-/m0/s1. The molecule has 1 fully saturated rings. The van der Waals surface area contributed by atoms with Crippen molar-refractivity contribution in [3.8, 4) is 5.75 Å². The first-order valence-corrected chi connectivity index (χ1v) is 8.49. The lowest BCUT2D eigenvalue weighted by Gasteiger charge is -2.22. The van der Waals surface area contributed by atoms with E-state index in [2.05, 4.69) is 10.6 Å². The molecule has 1 aromatic carbocycles. The van der Waals surface area contributed by atoms with E-state index in [1.165, 1.54) is 0 Å². The molecule has 2 rings (SSSR count). The summed E-state index contributed by atoms with van der Waals surface area (Å²) in [6.45, 7) is 4.14. The van der Waals surface area contributed by atoms with Crippen LogP contribution in [0.1, 0.15) is 31.4 Å². The summed E-state index contributed by atoms with van der Waals surface area (Å²) in [7, 11) is 1.65. The normalized spacial score (nSPS) is 17.2. The largest absolute Gasteiger partial charge is 0.497 e. The van der Waals surface area contributed by atoms with Gasteiger partial charge in [-0.3, -0.25) is 4.79 Å². The zero-order chi connectivity index (χ0) is 15.1. The zero-order valence-electron chi connectivity index (χ0n) is 12.7. The molecule has 1 aliphatic rings. The minimum Gasteiger partial charge on any atom is -0.497 e. The Morgan fingerprint density at radius 1 is 1.48 bits per heavy atom. The first-order chi connectivity index (χ1) is 10.2. The number of carbonyl (C=O) groups excluding carboxylic acids is 1. The van der Waals surface area contributed by atoms with Gasteiger partial charge in [-0.15, -0.1) is 11.8 Å². The van der Waals surface area contributed by atoms with E-state index in [0.29, 0.717) is 11.0 Å². The molecule has 0 spiro atoms. The molecule has 1 amide bonds. The molecule has 5 heteroatoms. The Bertz CT molecular complexity index is 461. The first-order valence-electron chi connectivity index (χ1n) is 7.44. The summed E-state index contributed by atoms with van der Waals surface area (Å²) in [4.78, 5) is 12.0. The summed E-state index contributed by atoms with van der Waals surface area (Å²) in [5.74, 6) is 1.46. The van der Waals surface area contributed by atoms with Crippen molar-refractivity contribution in [1.29, 1.82) is 0 Å². The molecule has 0 aromatic heterocycles. The maximum Gasteiger partial charge on any atom is 0.230 e. The van der Waals surface area contributed by atoms with Gasteiger partial charge in [-0.2, -0.15) is 0 Å². The van der Waals surface area contributed by atoms with Crippen LogP contribution in [0, 0.1) is 0 Å². The number of carbonyl (C=O) groups is 1. The quantitative estimate of drug-likeness (QED) is 0.847. The summed E-state index contributed by atoms with van der Waals surface area (Å²) in [5.41, 5.74) is 1.06. The first kappa shape index (κ1) is 16.2. The lowest BCUT2D eigenvalue weighted by Crippen LogP contribution is -2.32. The third kappa shape index (κ3) is 5.25. The number of hydrogen-bond acceptors (Lipinski definition) is 4. The number of thioether (sulfide) groups is 1. The number of ether oxygens (including phenoxy) is 1. The molecule has 1 aliphatic heterocycles. The van der Waals surface area contributed by atoms with E-state index in [9.17, 15) is 4.79 Å². The lowest BCUT2D eigenvalue weighted by atomic mass is 10.1. The van der Waals surface area contributed by atoms with Gasteiger partial charge in [0.1, 0.15) is 5.75 Å². The minimum atomic E-state index is 0.00113. The van der Waals surface area contributed by atoms with Crippen LogP contribution in [0.3, 0.4) is 0 Å². The molecular formula is C16H24N2O2S. The predicted molar refractivity (Wildman–Crippen MR) is 87.9 cm³/mol. The fraction of sp³-hybridized carbons (Fsp3) is 0.562. The summed E-state index contributed by atoms with van der Waals surface area (Å²) >= 11 is 1.77. The molecule has 2 N–H and O–H groups in total. The molecule has 0 aliphatic carbocycles. The Labute approximate surface area is 131 Å². The second kappa shape index (κ2) is 8.29. The maximum atomic E-state index is 12.0. The van der Waals surface area contributed by atoms with Gasteiger partial charge in [-0.25, -0.2) is 0 Å². The van der Waals surface area contributed by atoms with Gasteiger partial charge in [0.25, 0.3) is 0 Å². The zero-order valence-corrected chi connectivity index (χ0v) is 13.5. The van der Waals surface area contributed by atoms with Gasteiger partial charge >= 0.3 is 0 Å². The average molecular weight is 308 g/mol. The summed E-state index contributed by atoms with van der Waals surface area (Å²) in [5, 5.41) is 7.01. The van der Waals surface area contributed by atoms with Crippen LogP contribution >= 0.6 is 11.8 Å². The van der Waals surface area contributed by atoms with Crippen molar-refractivity contribution in [2.24, 2.45) is 0 Å². The van der Waals surface area contributed by atoms with Crippen LogP contribution in [0.5, 0.6) is 5.75 Å². The monoisotopic (exact) mass is 308 g/mol. The number of rotatable bonds is 6. The summed E-state index contributed by atoms with van der Waals surface area (Å²) in [6, 6.07) is 7.82. The smallest absolute Gasteiger partial charge is 0.230 e. The fourth-order valence-electron chi connectivity index (χ4n) is 2.43. The van der Waals surface area contributed by atoms with Crippen molar-refractivity contribution in [1.82, 2.24) is 10.6 Å². The van der Waals surface area contributed by atoms with Crippen molar-refractivity contribution in [2.45, 2.75) is 31.1 Å². The van der Waals surface area contributed by atoms with Crippen LogP contribution in [0.2, 0.25) is 0 Å². The molecule has 1 atom stereocenters. The Kier molecular flexibility index (Phi) is 6.39. The third-order valence-electron chi connectivity index (χ3n) is 3.71. The van der Waals surface area contributed by atoms with Gasteiger partial charge in [-0.05, 0) is 50.6 Å². The summed E-state index contributed by atoms with van der Waals surface area (Å²) < 4.78 is 5.21. The molecule has 0 saturated carbocycles. The van der Waals surface area contributed by atoms with Crippen LogP contribution in [-0.4, -0.2) is 37.1 Å². The van der Waals surface area contributed by atoms with E-state index in [4.69, 9.17) is 4.74 Å². The molecule has 4 nitrogen and oxygen atoms in total. The number of nitrogens with one attached hydrogen (secondary N) is 2. The van der Waals surface area contributed by atoms with Gasteiger partial charge in [0.15, 0.2) is 0 Å². The Hall–Kier alpha value is -1.20. The van der Waals surface area contributed by atoms with Crippen LogP contribution < -0.4 is 15.4 Å². The molecular weight excluding hydrogens is 284 g/mol. The third-order valence-corrected chi connectivity index (χ3v) is 5.08. The minimum absolute atomic E-state index is 0.00113. The van der Waals surface area contributed by atoms with E-state index >= 15 is 0 Å². The number of piperidine rings is 1. The highest BCUT2D eigenvalue weighted by Gasteiger charge is 2.16. The lowest BCUT2D eigenvalue weighted by molar-refractivity contribution is -0.119. The maximum absolute atomic E-state index is 12.0. The Morgan fingerprint density at radius 2 is 2.24 bits per heavy atom. The van der Waals surface area contributed by atoms with Crippen molar-refractivity contribution in [3.63, 3.8) is 0 Å². The van der Waals surface area contributed by atoms with Crippen molar-refractivity contribution in [3.05, 3.63) is 29.8 Å². The highest BCUT2D eigenvalue weighted by molar-refractivity contribution is 8.00. The number of amides is 1. The number of benzene rings is 1. The van der Waals surface area contributed by atoms with Gasteiger partial charge in [0, 0.05) is 5.25 Å². The Morgan fingerprint density at radius 3 is 2.95 bits per heavy atom. The Balaban J connectivity index is 1.78. The van der Waals surface area contributed by atoms with Crippen LogP contribution in [0.25, 0.3) is 0 Å². The van der Waals surface area contributed by atoms with Crippen molar-refractivity contribution < 1.29 is 9.53 Å². The molecule has 0 unspecified atom stereocenters. The van der Waals surface area contributed by atoms with Crippen molar-refractivity contribution in [2.75, 3.05) is 26.0 Å². The molecule has 1 heterocycles. The summed E-state index contributed by atoms with van der Waals surface area (Å²) in [6.07, 6.45) is 2.31. The van der Waals surface area contributed by atoms with E-state index in [0.717, 1.165) is 37.2 Å². The highest BCUT2D eigenvalue weighted by Crippen LogP contribution is 2.21. The van der Waals surface area contributed by atoms with Gasteiger partial charge < -0.3 is 15.4 Å². The van der Waals surface area contributed by atoms with Crippen molar-refractivity contribution >= 4 is 17.7 Å². The van der Waals surface area contributed by atoms with Crippen LogP contribution in [0.15, 0.2) is 24.3 Å². The molecule has 1 aromatic rings. The molecule has 0 radical (unpaired) electrons. The van der Waals surface area contributed by atoms with E-state index in [1.54, 1.807) is 18.9 Å². The predicted octanol–water partition coefficient (Wildman–Crippen LogP) is 2.36. The van der Waals surface area contributed by atoms with E-state index < -0.39 is 0 Å². The fourth-order valence-corrected chi connectivity index (χ4v) is 3.47. The van der Waals surface area contributed by atoms with Gasteiger partial charge in [-0.1, -0.05) is 12.1 Å². The second-order valence-electron chi connectivity index (χ2n) is 5.33. The second-order valence-corrected chi connectivity index (χ2v) is 6.61. The van der Waals surface area contributed by atoms with Gasteiger partial charge in [0.05, 0.1) is 18.9 Å². The van der Waals surface area contributed by atoms with Crippen LogP contribution in [0.4, 0.5) is 0 Å². The van der Waals surface area contributed by atoms with Gasteiger partial charge in [0.2, 0.25) is 5.91 Å². The number of hydrogen-bond donors (Lipinski definition) is 2. The molecule has 1 saturated heterocycles. The molecule has 0 bridgehead atoms. The van der Waals surface area contributed by atoms with E-state index in [-0.39, 0.29) is 11.9 Å². The average Bonchev–Trinajstić information content (AvgIpc) is 2.54. The van der Waals surface area contributed by atoms with E-state index in [1.807, 2.05) is 31.2 Å². The van der Waals surface area contributed by atoms with Crippen LogP contribution in [-0.2, 0) is 4.79 Å². The molecule has 21 heavy (non-hydrogen) atoms. The number of methoxy groups -OCH3 is 1. The molecule has 116 valence electrons.